The molecule has 0 aliphatic carbocycles. The van der Waals surface area contributed by atoms with Crippen LogP contribution in [0.2, 0.25) is 0 Å². The van der Waals surface area contributed by atoms with E-state index in [4.69, 9.17) is 5.73 Å². The number of aromatic nitrogens is 2. The number of hydrogen-bond donors (Lipinski definition) is 1. The number of anilines is 1. The molecule has 102 valence electrons. The number of rotatable bonds is 2. The van der Waals surface area contributed by atoms with E-state index in [2.05, 4.69) is 26.3 Å². The molecule has 1 aliphatic rings. The Balaban J connectivity index is 1.59. The molecule has 4 nitrogen and oxygen atoms in total. The van der Waals surface area contributed by atoms with Crippen LogP contribution in [0.15, 0.2) is 22.9 Å². The molecular formula is C14H14N4S2. The van der Waals surface area contributed by atoms with Crippen molar-refractivity contribution in [1.82, 2.24) is 14.9 Å². The molecule has 0 aromatic carbocycles. The predicted molar refractivity (Wildman–Crippen MR) is 84.0 cm³/mol. The fourth-order valence-corrected chi connectivity index (χ4v) is 4.32. The second kappa shape index (κ2) is 4.80. The minimum atomic E-state index is 0.597. The monoisotopic (exact) mass is 302 g/mol. The van der Waals surface area contributed by atoms with Gasteiger partial charge in [0, 0.05) is 18.0 Å². The summed E-state index contributed by atoms with van der Waals surface area (Å²) < 4.78 is 0. The van der Waals surface area contributed by atoms with Crippen LogP contribution in [0.3, 0.4) is 0 Å². The summed E-state index contributed by atoms with van der Waals surface area (Å²) in [5.41, 5.74) is 7.46. The van der Waals surface area contributed by atoms with Gasteiger partial charge in [-0.1, -0.05) is 0 Å². The van der Waals surface area contributed by atoms with Gasteiger partial charge in [-0.3, -0.25) is 4.90 Å². The van der Waals surface area contributed by atoms with Crippen LogP contribution in [0.4, 0.5) is 5.82 Å². The maximum Gasteiger partial charge on any atom is 0.146 e. The van der Waals surface area contributed by atoms with Crippen LogP contribution < -0.4 is 5.73 Å². The molecule has 0 amide bonds. The van der Waals surface area contributed by atoms with E-state index in [0.717, 1.165) is 42.1 Å². The second-order valence-corrected chi connectivity index (χ2v) is 6.89. The smallest absolute Gasteiger partial charge is 0.146 e. The molecule has 3 aromatic rings. The predicted octanol–water partition coefficient (Wildman–Crippen LogP) is 2.89. The average molecular weight is 302 g/mol. The fraction of sp³-hybridized carbons (Fsp3) is 0.286. The first-order valence-electron chi connectivity index (χ1n) is 6.57. The van der Waals surface area contributed by atoms with Crippen LogP contribution in [0.25, 0.3) is 10.2 Å². The van der Waals surface area contributed by atoms with Gasteiger partial charge in [0.05, 0.1) is 11.9 Å². The zero-order valence-electron chi connectivity index (χ0n) is 10.9. The Hall–Kier alpha value is -1.50. The average Bonchev–Trinajstić information content (AvgIpc) is 3.06. The van der Waals surface area contributed by atoms with Crippen molar-refractivity contribution in [3.05, 3.63) is 39.2 Å². The Morgan fingerprint density at radius 1 is 1.20 bits per heavy atom. The maximum absolute atomic E-state index is 6.01. The van der Waals surface area contributed by atoms with Gasteiger partial charge in [-0.05, 0) is 34.9 Å². The molecule has 6 heteroatoms. The fourth-order valence-electron chi connectivity index (χ4n) is 2.64. The summed E-state index contributed by atoms with van der Waals surface area (Å²) in [6.07, 6.45) is 1.13. The Bertz CT molecular complexity index is 761. The maximum atomic E-state index is 6.01. The lowest BCUT2D eigenvalue weighted by Gasteiger charge is -2.26. The minimum Gasteiger partial charge on any atom is -0.383 e. The van der Waals surface area contributed by atoms with Crippen molar-refractivity contribution in [2.24, 2.45) is 0 Å². The molecule has 4 heterocycles. The molecule has 20 heavy (non-hydrogen) atoms. The van der Waals surface area contributed by atoms with Gasteiger partial charge < -0.3 is 5.73 Å². The molecule has 0 saturated heterocycles. The highest BCUT2D eigenvalue weighted by atomic mass is 32.1. The molecule has 3 aromatic heterocycles. The van der Waals surface area contributed by atoms with Crippen molar-refractivity contribution in [2.75, 3.05) is 12.3 Å². The quantitative estimate of drug-likeness (QED) is 0.791. The zero-order valence-corrected chi connectivity index (χ0v) is 12.5. The third-order valence-electron chi connectivity index (χ3n) is 3.65. The van der Waals surface area contributed by atoms with Crippen LogP contribution in [0, 0.1) is 0 Å². The molecule has 2 N–H and O–H groups in total. The van der Waals surface area contributed by atoms with Gasteiger partial charge in [0.25, 0.3) is 0 Å². The lowest BCUT2D eigenvalue weighted by Crippen LogP contribution is -2.29. The van der Waals surface area contributed by atoms with Gasteiger partial charge in [0.2, 0.25) is 0 Å². The van der Waals surface area contributed by atoms with Gasteiger partial charge in [-0.15, -0.1) is 22.7 Å². The summed E-state index contributed by atoms with van der Waals surface area (Å²) in [7, 11) is 0. The van der Waals surface area contributed by atoms with Crippen LogP contribution >= 0.6 is 22.7 Å². The molecule has 0 radical (unpaired) electrons. The Kier molecular flexibility index (Phi) is 2.94. The normalized spacial score (nSPS) is 15.6. The number of fused-ring (bicyclic) bond motifs is 2. The molecule has 0 fully saturated rings. The van der Waals surface area contributed by atoms with Crippen LogP contribution in [-0.2, 0) is 19.5 Å². The van der Waals surface area contributed by atoms with E-state index in [1.807, 2.05) is 22.8 Å². The van der Waals surface area contributed by atoms with Crippen molar-refractivity contribution < 1.29 is 0 Å². The highest BCUT2D eigenvalue weighted by molar-refractivity contribution is 7.16. The van der Waals surface area contributed by atoms with Gasteiger partial charge >= 0.3 is 0 Å². The summed E-state index contributed by atoms with van der Waals surface area (Å²) in [6.45, 7) is 2.83. The number of hydrogen-bond acceptors (Lipinski definition) is 6. The highest BCUT2D eigenvalue weighted by Gasteiger charge is 2.18. The molecule has 0 atom stereocenters. The van der Waals surface area contributed by atoms with E-state index in [9.17, 15) is 0 Å². The van der Waals surface area contributed by atoms with Gasteiger partial charge in [0.15, 0.2) is 0 Å². The van der Waals surface area contributed by atoms with Gasteiger partial charge in [0.1, 0.15) is 16.5 Å². The number of nitrogen functional groups attached to an aromatic ring is 1. The Labute approximate surface area is 124 Å². The van der Waals surface area contributed by atoms with E-state index in [1.54, 1.807) is 11.3 Å². The second-order valence-electron chi connectivity index (χ2n) is 4.99. The van der Waals surface area contributed by atoms with Crippen molar-refractivity contribution in [2.45, 2.75) is 19.5 Å². The van der Waals surface area contributed by atoms with Crippen LogP contribution in [0.5, 0.6) is 0 Å². The summed E-state index contributed by atoms with van der Waals surface area (Å²) in [6, 6.07) is 4.21. The number of nitrogens with two attached hydrogens (primary N) is 1. The zero-order chi connectivity index (χ0) is 13.5. The van der Waals surface area contributed by atoms with Gasteiger partial charge in [-0.25, -0.2) is 9.97 Å². The molecule has 4 rings (SSSR count). The Morgan fingerprint density at radius 3 is 3.05 bits per heavy atom. The molecule has 0 saturated carbocycles. The Morgan fingerprint density at radius 2 is 2.10 bits per heavy atom. The summed E-state index contributed by atoms with van der Waals surface area (Å²) >= 11 is 3.48. The van der Waals surface area contributed by atoms with E-state index < -0.39 is 0 Å². The molecule has 1 aliphatic heterocycles. The summed E-state index contributed by atoms with van der Waals surface area (Å²) in [4.78, 5) is 14.0. The highest BCUT2D eigenvalue weighted by Crippen LogP contribution is 2.26. The van der Waals surface area contributed by atoms with Crippen molar-refractivity contribution in [1.29, 1.82) is 0 Å². The van der Waals surface area contributed by atoms with E-state index >= 15 is 0 Å². The summed E-state index contributed by atoms with van der Waals surface area (Å²) in [5.74, 6) is 1.43. The third-order valence-corrected chi connectivity index (χ3v) is 5.48. The largest absolute Gasteiger partial charge is 0.383 e. The first kappa shape index (κ1) is 12.3. The minimum absolute atomic E-state index is 0.597. The molecule has 0 bridgehead atoms. The first-order valence-corrected chi connectivity index (χ1v) is 8.33. The van der Waals surface area contributed by atoms with Crippen molar-refractivity contribution >= 4 is 38.7 Å². The summed E-state index contributed by atoms with van der Waals surface area (Å²) in [5, 5.41) is 5.16. The molecule has 0 spiro atoms. The van der Waals surface area contributed by atoms with Crippen LogP contribution in [-0.4, -0.2) is 21.4 Å². The van der Waals surface area contributed by atoms with Crippen molar-refractivity contribution in [3.8, 4) is 0 Å². The van der Waals surface area contributed by atoms with E-state index in [1.165, 1.54) is 10.4 Å². The lowest BCUT2D eigenvalue weighted by atomic mass is 10.1. The van der Waals surface area contributed by atoms with E-state index in [-0.39, 0.29) is 0 Å². The number of nitrogens with zero attached hydrogens (tertiary/aromatic N) is 3. The molecular weight excluding hydrogens is 288 g/mol. The molecule has 0 unspecified atom stereocenters. The van der Waals surface area contributed by atoms with Crippen molar-refractivity contribution in [3.63, 3.8) is 0 Å². The number of thiophene rings is 2. The van der Waals surface area contributed by atoms with Crippen LogP contribution in [0.1, 0.15) is 16.3 Å². The third kappa shape index (κ3) is 2.09. The first-order chi connectivity index (χ1) is 9.79. The standard InChI is InChI=1S/C14H14N4S2/c15-13-10-3-6-20-14(10)17-12(16-13)8-18-4-1-11-9(7-18)2-5-19-11/h2-3,5-6H,1,4,7-8H2,(H2,15,16,17). The topological polar surface area (TPSA) is 55.0 Å². The lowest BCUT2D eigenvalue weighted by molar-refractivity contribution is 0.242. The SMILES string of the molecule is Nc1nc(CN2CCc3sccc3C2)nc2sccc12. The van der Waals surface area contributed by atoms with E-state index in [0.29, 0.717) is 5.82 Å². The van der Waals surface area contributed by atoms with Gasteiger partial charge in [-0.2, -0.15) is 0 Å².